The predicted molar refractivity (Wildman–Crippen MR) is 94.9 cm³/mol. The first-order valence-corrected chi connectivity index (χ1v) is 9.14. The van der Waals surface area contributed by atoms with Crippen LogP contribution in [0.3, 0.4) is 0 Å². The van der Waals surface area contributed by atoms with Crippen molar-refractivity contribution in [3.8, 4) is 0 Å². The molecule has 146 valence electrons. The highest BCUT2D eigenvalue weighted by atomic mass is 16.5. The molecule has 9 heteroatoms. The van der Waals surface area contributed by atoms with Gasteiger partial charge in [-0.2, -0.15) is 5.01 Å². The van der Waals surface area contributed by atoms with Crippen molar-refractivity contribution in [3.05, 3.63) is 22.5 Å². The number of amides is 4. The van der Waals surface area contributed by atoms with E-state index < -0.39 is 29.4 Å². The van der Waals surface area contributed by atoms with Crippen LogP contribution in [0.2, 0.25) is 0 Å². The van der Waals surface area contributed by atoms with Gasteiger partial charge in [-0.1, -0.05) is 19.3 Å². The summed E-state index contributed by atoms with van der Waals surface area (Å²) in [6, 6.07) is -0.637. The lowest BCUT2D eigenvalue weighted by Crippen LogP contribution is -2.51. The first-order chi connectivity index (χ1) is 12.8. The molecule has 0 atom stereocenters. The SMILES string of the molecule is CCOC(=O)c1c(C)[nH]c(C(=O)NN2C(=O)NC3(CCCCC3)C2=O)c1C. The normalized spacial score (nSPS) is 18.6. The lowest BCUT2D eigenvalue weighted by molar-refractivity contribution is -0.134. The van der Waals surface area contributed by atoms with E-state index in [0.29, 0.717) is 24.1 Å². The molecule has 1 saturated carbocycles. The van der Waals surface area contributed by atoms with Crippen molar-refractivity contribution in [2.45, 2.75) is 58.4 Å². The van der Waals surface area contributed by atoms with E-state index in [1.165, 1.54) is 0 Å². The van der Waals surface area contributed by atoms with Gasteiger partial charge in [-0.15, -0.1) is 0 Å². The fourth-order valence-corrected chi connectivity index (χ4v) is 3.86. The van der Waals surface area contributed by atoms with Gasteiger partial charge in [0.2, 0.25) is 0 Å². The maximum absolute atomic E-state index is 12.8. The Bertz CT molecular complexity index is 807. The highest BCUT2D eigenvalue weighted by Gasteiger charge is 2.52. The molecule has 1 aliphatic heterocycles. The Hall–Kier alpha value is -2.84. The van der Waals surface area contributed by atoms with Gasteiger partial charge in [-0.05, 0) is 39.2 Å². The van der Waals surface area contributed by atoms with Crippen molar-refractivity contribution in [3.63, 3.8) is 0 Å². The van der Waals surface area contributed by atoms with Crippen LogP contribution < -0.4 is 10.7 Å². The molecule has 1 spiro atoms. The average molecular weight is 376 g/mol. The van der Waals surface area contributed by atoms with Crippen LogP contribution in [0.25, 0.3) is 0 Å². The van der Waals surface area contributed by atoms with Gasteiger partial charge in [0, 0.05) is 5.69 Å². The van der Waals surface area contributed by atoms with Crippen molar-refractivity contribution >= 4 is 23.8 Å². The van der Waals surface area contributed by atoms with E-state index in [2.05, 4.69) is 15.7 Å². The summed E-state index contributed by atoms with van der Waals surface area (Å²) in [6.07, 6.45) is 3.86. The van der Waals surface area contributed by atoms with E-state index in [1.54, 1.807) is 20.8 Å². The molecule has 0 aromatic carbocycles. The second kappa shape index (κ2) is 7.05. The van der Waals surface area contributed by atoms with E-state index in [9.17, 15) is 19.2 Å². The van der Waals surface area contributed by atoms with Gasteiger partial charge in [0.1, 0.15) is 11.2 Å². The quantitative estimate of drug-likeness (QED) is 0.546. The van der Waals surface area contributed by atoms with E-state index in [4.69, 9.17) is 4.74 Å². The monoisotopic (exact) mass is 376 g/mol. The number of nitrogens with zero attached hydrogens (tertiary/aromatic N) is 1. The van der Waals surface area contributed by atoms with Gasteiger partial charge in [0.25, 0.3) is 11.8 Å². The number of aryl methyl sites for hydroxylation is 1. The number of aromatic nitrogens is 1. The summed E-state index contributed by atoms with van der Waals surface area (Å²) < 4.78 is 5.01. The molecule has 3 N–H and O–H groups in total. The highest BCUT2D eigenvalue weighted by Crippen LogP contribution is 2.33. The minimum atomic E-state index is -0.917. The number of rotatable bonds is 4. The number of carbonyl (C=O) groups excluding carboxylic acids is 4. The number of hydrazine groups is 1. The van der Waals surface area contributed by atoms with Crippen LogP contribution in [0.4, 0.5) is 4.79 Å². The van der Waals surface area contributed by atoms with Crippen molar-refractivity contribution in [2.75, 3.05) is 6.61 Å². The van der Waals surface area contributed by atoms with Crippen molar-refractivity contribution < 1.29 is 23.9 Å². The molecule has 2 heterocycles. The number of nitrogens with one attached hydrogen (secondary N) is 3. The van der Waals surface area contributed by atoms with E-state index in [1.807, 2.05) is 0 Å². The fourth-order valence-electron chi connectivity index (χ4n) is 3.86. The molecule has 3 rings (SSSR count). The molecule has 1 aromatic rings. The Labute approximate surface area is 156 Å². The number of carbonyl (C=O) groups is 4. The molecule has 1 saturated heterocycles. The minimum Gasteiger partial charge on any atom is -0.462 e. The topological polar surface area (TPSA) is 121 Å². The number of H-pyrrole nitrogens is 1. The Morgan fingerprint density at radius 3 is 2.48 bits per heavy atom. The summed E-state index contributed by atoms with van der Waals surface area (Å²) in [4.78, 5) is 52.6. The highest BCUT2D eigenvalue weighted by molar-refractivity contribution is 6.09. The number of esters is 1. The Morgan fingerprint density at radius 2 is 1.85 bits per heavy atom. The third kappa shape index (κ3) is 3.17. The van der Waals surface area contributed by atoms with Gasteiger partial charge < -0.3 is 15.0 Å². The lowest BCUT2D eigenvalue weighted by atomic mass is 9.82. The fraction of sp³-hybridized carbons (Fsp3) is 0.556. The van der Waals surface area contributed by atoms with Crippen molar-refractivity contribution in [1.82, 2.24) is 20.7 Å². The van der Waals surface area contributed by atoms with Crippen LogP contribution in [0.5, 0.6) is 0 Å². The Morgan fingerprint density at radius 1 is 1.19 bits per heavy atom. The van der Waals surface area contributed by atoms with Crippen LogP contribution in [-0.2, 0) is 9.53 Å². The summed E-state index contributed by atoms with van der Waals surface area (Å²) in [7, 11) is 0. The number of urea groups is 1. The second-order valence-electron chi connectivity index (χ2n) is 7.00. The van der Waals surface area contributed by atoms with Crippen molar-refractivity contribution in [1.29, 1.82) is 0 Å². The molecule has 1 aromatic heterocycles. The molecule has 0 unspecified atom stereocenters. The first kappa shape index (κ1) is 18.9. The zero-order valence-electron chi connectivity index (χ0n) is 15.7. The summed E-state index contributed by atoms with van der Waals surface area (Å²) in [5, 5.41) is 3.47. The predicted octanol–water partition coefficient (Wildman–Crippen LogP) is 1.71. The molecular weight excluding hydrogens is 352 g/mol. The van der Waals surface area contributed by atoms with Crippen molar-refractivity contribution in [2.24, 2.45) is 0 Å². The van der Waals surface area contributed by atoms with E-state index in [0.717, 1.165) is 24.3 Å². The summed E-state index contributed by atoms with van der Waals surface area (Å²) in [5.41, 5.74) is 2.73. The molecule has 27 heavy (non-hydrogen) atoms. The van der Waals surface area contributed by atoms with E-state index in [-0.39, 0.29) is 17.9 Å². The molecule has 4 amide bonds. The average Bonchev–Trinajstić information content (AvgIpc) is 3.04. The van der Waals surface area contributed by atoms with Crippen LogP contribution >= 0.6 is 0 Å². The number of hydrogen-bond acceptors (Lipinski definition) is 5. The molecule has 1 aliphatic carbocycles. The molecule has 9 nitrogen and oxygen atoms in total. The minimum absolute atomic E-state index is 0.112. The summed E-state index contributed by atoms with van der Waals surface area (Å²) in [6.45, 7) is 5.18. The third-order valence-electron chi connectivity index (χ3n) is 5.23. The Kier molecular flexibility index (Phi) is 4.95. The van der Waals surface area contributed by atoms with Crippen LogP contribution in [0.1, 0.15) is 71.1 Å². The third-order valence-corrected chi connectivity index (χ3v) is 5.23. The molecule has 2 fully saturated rings. The maximum Gasteiger partial charge on any atom is 0.344 e. The zero-order valence-corrected chi connectivity index (χ0v) is 15.7. The van der Waals surface area contributed by atoms with Gasteiger partial charge >= 0.3 is 12.0 Å². The Balaban J connectivity index is 1.80. The van der Waals surface area contributed by atoms with Gasteiger partial charge in [0.15, 0.2) is 0 Å². The second-order valence-corrected chi connectivity index (χ2v) is 7.00. The smallest absolute Gasteiger partial charge is 0.344 e. The number of aromatic amines is 1. The van der Waals surface area contributed by atoms with Gasteiger partial charge in [0.05, 0.1) is 12.2 Å². The van der Waals surface area contributed by atoms with Crippen LogP contribution in [0.15, 0.2) is 0 Å². The number of imide groups is 1. The first-order valence-electron chi connectivity index (χ1n) is 9.14. The number of ether oxygens (including phenoxy) is 1. The van der Waals surface area contributed by atoms with Crippen LogP contribution in [-0.4, -0.2) is 46.0 Å². The molecule has 0 radical (unpaired) electrons. The molecular formula is C18H24N4O5. The lowest BCUT2D eigenvalue weighted by Gasteiger charge is -2.30. The van der Waals surface area contributed by atoms with Gasteiger partial charge in [-0.25, -0.2) is 9.59 Å². The largest absolute Gasteiger partial charge is 0.462 e. The summed E-state index contributed by atoms with van der Waals surface area (Å²) >= 11 is 0. The zero-order chi connectivity index (χ0) is 19.8. The standard InChI is InChI=1S/C18H24N4O5/c1-4-27-15(24)12-10(2)13(19-11(12)3)14(23)21-22-16(25)18(20-17(22)26)8-6-5-7-9-18/h19H,4-9H2,1-3H3,(H,20,26)(H,21,23). The maximum atomic E-state index is 12.8. The van der Waals surface area contributed by atoms with Crippen LogP contribution in [0, 0.1) is 13.8 Å². The number of hydrogen-bond donors (Lipinski definition) is 3. The molecule has 0 bridgehead atoms. The van der Waals surface area contributed by atoms with Gasteiger partial charge in [-0.3, -0.25) is 15.0 Å². The van der Waals surface area contributed by atoms with E-state index >= 15 is 0 Å². The molecule has 2 aliphatic rings. The summed E-state index contributed by atoms with van der Waals surface area (Å²) in [5.74, 6) is -1.63.